The molecule has 68 valence electrons. The SMILES string of the molecule is CCSc1cc(C#N)c(N)cc1C. The third-order valence-electron chi connectivity index (χ3n) is 1.77. The van der Waals surface area contributed by atoms with E-state index in [1.165, 1.54) is 0 Å². The highest BCUT2D eigenvalue weighted by atomic mass is 32.2. The second kappa shape index (κ2) is 4.20. The van der Waals surface area contributed by atoms with Gasteiger partial charge in [0.15, 0.2) is 0 Å². The Hall–Kier alpha value is -1.14. The molecular weight excluding hydrogens is 180 g/mol. The summed E-state index contributed by atoms with van der Waals surface area (Å²) in [5.41, 5.74) is 7.95. The number of hydrogen-bond acceptors (Lipinski definition) is 3. The van der Waals surface area contributed by atoms with Crippen molar-refractivity contribution in [2.24, 2.45) is 0 Å². The number of hydrogen-bond donors (Lipinski definition) is 1. The van der Waals surface area contributed by atoms with Crippen molar-refractivity contribution in [3.05, 3.63) is 23.3 Å². The van der Waals surface area contributed by atoms with E-state index in [0.717, 1.165) is 16.2 Å². The summed E-state index contributed by atoms with van der Waals surface area (Å²) in [5.74, 6) is 1.01. The maximum absolute atomic E-state index is 8.76. The van der Waals surface area contributed by atoms with Crippen LogP contribution in [-0.2, 0) is 0 Å². The van der Waals surface area contributed by atoms with Crippen LogP contribution in [0.3, 0.4) is 0 Å². The van der Waals surface area contributed by atoms with Crippen LogP contribution in [0, 0.1) is 18.3 Å². The molecule has 1 aromatic carbocycles. The fourth-order valence-electron chi connectivity index (χ4n) is 1.12. The van der Waals surface area contributed by atoms with Crippen molar-refractivity contribution in [3.63, 3.8) is 0 Å². The van der Waals surface area contributed by atoms with E-state index < -0.39 is 0 Å². The van der Waals surface area contributed by atoms with Crippen LogP contribution in [0.4, 0.5) is 5.69 Å². The van der Waals surface area contributed by atoms with Gasteiger partial charge in [0.05, 0.1) is 5.56 Å². The molecule has 2 nitrogen and oxygen atoms in total. The zero-order chi connectivity index (χ0) is 9.84. The molecule has 13 heavy (non-hydrogen) atoms. The minimum atomic E-state index is 0.570. The standard InChI is InChI=1S/C10H12N2S/c1-3-13-10-5-8(6-11)9(12)4-7(10)2/h4-5H,3,12H2,1-2H3. The predicted molar refractivity (Wildman–Crippen MR) is 56.7 cm³/mol. The summed E-state index contributed by atoms with van der Waals surface area (Å²) in [7, 11) is 0. The van der Waals surface area contributed by atoms with Crippen LogP contribution >= 0.6 is 11.8 Å². The first-order chi connectivity index (χ1) is 6.19. The first-order valence-corrected chi connectivity index (χ1v) is 5.10. The first-order valence-electron chi connectivity index (χ1n) is 4.12. The van der Waals surface area contributed by atoms with Gasteiger partial charge < -0.3 is 5.73 Å². The Balaban J connectivity index is 3.16. The molecule has 1 rings (SSSR count). The van der Waals surface area contributed by atoms with E-state index >= 15 is 0 Å². The van der Waals surface area contributed by atoms with E-state index in [9.17, 15) is 0 Å². The van der Waals surface area contributed by atoms with Gasteiger partial charge in [0.1, 0.15) is 6.07 Å². The van der Waals surface area contributed by atoms with Crippen LogP contribution in [0.15, 0.2) is 17.0 Å². The Kier molecular flexibility index (Phi) is 3.21. The average molecular weight is 192 g/mol. The number of nitrogen functional groups attached to an aromatic ring is 1. The zero-order valence-electron chi connectivity index (χ0n) is 7.79. The van der Waals surface area contributed by atoms with Gasteiger partial charge in [-0.15, -0.1) is 11.8 Å². The number of nitrogens with zero attached hydrogens (tertiary/aromatic N) is 1. The summed E-state index contributed by atoms with van der Waals surface area (Å²) in [4.78, 5) is 1.15. The topological polar surface area (TPSA) is 49.8 Å². The highest BCUT2D eigenvalue weighted by Crippen LogP contribution is 2.26. The second-order valence-electron chi connectivity index (χ2n) is 2.75. The molecule has 0 saturated heterocycles. The Bertz CT molecular complexity index is 353. The molecule has 0 radical (unpaired) electrons. The number of aryl methyl sites for hydroxylation is 1. The summed E-state index contributed by atoms with van der Waals surface area (Å²) in [6, 6.07) is 5.80. The molecule has 0 aliphatic rings. The summed E-state index contributed by atoms with van der Waals surface area (Å²) >= 11 is 1.73. The van der Waals surface area contributed by atoms with E-state index in [1.54, 1.807) is 11.8 Å². The molecule has 0 heterocycles. The van der Waals surface area contributed by atoms with E-state index in [1.807, 2.05) is 19.1 Å². The molecule has 0 aromatic heterocycles. The molecule has 2 N–H and O–H groups in total. The van der Waals surface area contributed by atoms with Crippen molar-refractivity contribution in [1.29, 1.82) is 5.26 Å². The Morgan fingerprint density at radius 2 is 2.23 bits per heavy atom. The summed E-state index contributed by atoms with van der Waals surface area (Å²) < 4.78 is 0. The lowest BCUT2D eigenvalue weighted by atomic mass is 10.1. The molecule has 0 aliphatic carbocycles. The van der Waals surface area contributed by atoms with Gasteiger partial charge in [-0.1, -0.05) is 6.92 Å². The molecule has 0 amide bonds. The van der Waals surface area contributed by atoms with Crippen LogP contribution < -0.4 is 5.73 Å². The van der Waals surface area contributed by atoms with Gasteiger partial charge in [0, 0.05) is 10.6 Å². The van der Waals surface area contributed by atoms with Crippen molar-refractivity contribution in [3.8, 4) is 6.07 Å². The van der Waals surface area contributed by atoms with Gasteiger partial charge in [0.2, 0.25) is 0 Å². The third-order valence-corrected chi connectivity index (χ3v) is 2.81. The maximum Gasteiger partial charge on any atom is 0.101 e. The molecule has 1 aromatic rings. The lowest BCUT2D eigenvalue weighted by molar-refractivity contribution is 1.28. The summed E-state index contributed by atoms with van der Waals surface area (Å²) in [6.07, 6.45) is 0. The van der Waals surface area contributed by atoms with Gasteiger partial charge in [-0.2, -0.15) is 5.26 Å². The number of rotatable bonds is 2. The maximum atomic E-state index is 8.76. The van der Waals surface area contributed by atoms with Crippen LogP contribution in [0.5, 0.6) is 0 Å². The molecule has 0 unspecified atom stereocenters. The van der Waals surface area contributed by atoms with Gasteiger partial charge in [0.25, 0.3) is 0 Å². The van der Waals surface area contributed by atoms with E-state index in [4.69, 9.17) is 11.0 Å². The van der Waals surface area contributed by atoms with Crippen LogP contribution in [0.1, 0.15) is 18.1 Å². The fraction of sp³-hybridized carbons (Fsp3) is 0.300. The number of nitrogens with two attached hydrogens (primary N) is 1. The molecule has 0 fully saturated rings. The predicted octanol–water partition coefficient (Wildman–Crippen LogP) is 2.56. The molecule has 0 atom stereocenters. The third kappa shape index (κ3) is 2.16. The molecule has 0 aliphatic heterocycles. The van der Waals surface area contributed by atoms with Crippen molar-refractivity contribution >= 4 is 17.4 Å². The van der Waals surface area contributed by atoms with E-state index in [0.29, 0.717) is 11.3 Å². The fourth-order valence-corrected chi connectivity index (χ4v) is 1.92. The number of thioether (sulfide) groups is 1. The lowest BCUT2D eigenvalue weighted by Gasteiger charge is -2.06. The van der Waals surface area contributed by atoms with Crippen molar-refractivity contribution in [2.45, 2.75) is 18.7 Å². The van der Waals surface area contributed by atoms with Crippen molar-refractivity contribution < 1.29 is 0 Å². The van der Waals surface area contributed by atoms with E-state index in [2.05, 4.69) is 13.0 Å². The number of nitriles is 1. The zero-order valence-corrected chi connectivity index (χ0v) is 8.61. The molecular formula is C10H12N2S. The Morgan fingerprint density at radius 3 is 2.77 bits per heavy atom. The van der Waals surface area contributed by atoms with Gasteiger partial charge >= 0.3 is 0 Å². The Morgan fingerprint density at radius 1 is 1.54 bits per heavy atom. The highest BCUT2D eigenvalue weighted by molar-refractivity contribution is 7.99. The highest BCUT2D eigenvalue weighted by Gasteiger charge is 2.03. The van der Waals surface area contributed by atoms with Gasteiger partial charge in [-0.3, -0.25) is 0 Å². The normalized spacial score (nSPS) is 9.62. The van der Waals surface area contributed by atoms with Crippen molar-refractivity contribution in [2.75, 3.05) is 11.5 Å². The summed E-state index contributed by atoms with van der Waals surface area (Å²) in [6.45, 7) is 4.10. The molecule has 3 heteroatoms. The van der Waals surface area contributed by atoms with Gasteiger partial charge in [-0.05, 0) is 30.4 Å². The Labute approximate surface area is 82.7 Å². The van der Waals surface area contributed by atoms with Crippen LogP contribution in [0.2, 0.25) is 0 Å². The monoisotopic (exact) mass is 192 g/mol. The van der Waals surface area contributed by atoms with Crippen LogP contribution in [-0.4, -0.2) is 5.75 Å². The van der Waals surface area contributed by atoms with Gasteiger partial charge in [-0.25, -0.2) is 0 Å². The lowest BCUT2D eigenvalue weighted by Crippen LogP contribution is -1.93. The quantitative estimate of drug-likeness (QED) is 0.578. The van der Waals surface area contributed by atoms with Crippen molar-refractivity contribution in [1.82, 2.24) is 0 Å². The number of anilines is 1. The molecule has 0 spiro atoms. The minimum Gasteiger partial charge on any atom is -0.398 e. The van der Waals surface area contributed by atoms with Crippen LogP contribution in [0.25, 0.3) is 0 Å². The smallest absolute Gasteiger partial charge is 0.101 e. The minimum absolute atomic E-state index is 0.570. The first kappa shape index (κ1) is 9.94. The summed E-state index contributed by atoms with van der Waals surface area (Å²) in [5, 5.41) is 8.76. The average Bonchev–Trinajstić information content (AvgIpc) is 2.10. The molecule has 0 saturated carbocycles. The molecule has 0 bridgehead atoms. The van der Waals surface area contributed by atoms with E-state index in [-0.39, 0.29) is 0 Å². The largest absolute Gasteiger partial charge is 0.398 e. The number of benzene rings is 1. The second-order valence-corrected chi connectivity index (χ2v) is 4.06.